The van der Waals surface area contributed by atoms with E-state index in [0.29, 0.717) is 9.37 Å². The summed E-state index contributed by atoms with van der Waals surface area (Å²) >= 11 is 4.47. The molecule has 2 rings (SSSR count). The molecule has 1 aliphatic heterocycles. The molecule has 0 spiro atoms. The molecule has 0 aliphatic carbocycles. The van der Waals surface area contributed by atoms with Gasteiger partial charge in [0.2, 0.25) is 0 Å². The third kappa shape index (κ3) is 6.42. The minimum absolute atomic E-state index is 0.149. The van der Waals surface area contributed by atoms with E-state index in [-0.39, 0.29) is 12.3 Å². The number of aromatic nitrogens is 1. The number of halogens is 1. The highest BCUT2D eigenvalue weighted by Crippen LogP contribution is 2.40. The van der Waals surface area contributed by atoms with Crippen LogP contribution in [0.15, 0.2) is 21.6 Å². The second kappa shape index (κ2) is 10.7. The number of carbonyl (C=O) groups excluding carboxylic acids is 3. The summed E-state index contributed by atoms with van der Waals surface area (Å²) in [6.07, 6.45) is -0.894. The average Bonchev–Trinajstić information content (AvgIpc) is 2.65. The van der Waals surface area contributed by atoms with Crippen LogP contribution in [0.3, 0.4) is 0 Å². The Morgan fingerprint density at radius 1 is 1.20 bits per heavy atom. The van der Waals surface area contributed by atoms with Gasteiger partial charge < -0.3 is 18.9 Å². The van der Waals surface area contributed by atoms with E-state index >= 15 is 0 Å². The fourth-order valence-electron chi connectivity index (χ4n) is 2.98. The number of hydrogen-bond donors (Lipinski definition) is 0. The Morgan fingerprint density at radius 2 is 1.83 bits per heavy atom. The van der Waals surface area contributed by atoms with Gasteiger partial charge in [0.25, 0.3) is 0 Å². The number of hydrogen-bond acceptors (Lipinski definition) is 10. The lowest BCUT2D eigenvalue weighted by Crippen LogP contribution is -2.56. The first-order valence-corrected chi connectivity index (χ1v) is 10.6. The van der Waals surface area contributed by atoms with Gasteiger partial charge in [-0.2, -0.15) is 5.26 Å². The molecule has 0 aromatic carbocycles. The molecule has 162 valence electrons. The summed E-state index contributed by atoms with van der Waals surface area (Å²) in [5, 5.41) is 9.36. The Morgan fingerprint density at radius 3 is 2.40 bits per heavy atom. The first-order chi connectivity index (χ1) is 14.1. The van der Waals surface area contributed by atoms with Gasteiger partial charge in [0, 0.05) is 42.3 Å². The van der Waals surface area contributed by atoms with Gasteiger partial charge >= 0.3 is 17.9 Å². The summed E-state index contributed by atoms with van der Waals surface area (Å²) in [5.41, 5.74) is -0.584. The van der Waals surface area contributed by atoms with Gasteiger partial charge in [-0.05, 0) is 22.0 Å². The molecule has 30 heavy (non-hydrogen) atoms. The molecule has 0 amide bonds. The standard InChI is InChI=1S/C19H21BrN2O7S/c1-9-17(27-11(3)24)15(8-26-10(2)23)29-19(18(9)28-12(4)25)30-16-5-13(20)7-22-14(16)6-21/h5,7,9,15,17-19H,8H2,1-4H3/t9?,15?,17-,18?,19-/m1/s1. The number of esters is 3. The van der Waals surface area contributed by atoms with Crippen molar-refractivity contribution < 1.29 is 33.3 Å². The van der Waals surface area contributed by atoms with Crippen molar-refractivity contribution in [3.8, 4) is 6.07 Å². The molecule has 0 bridgehead atoms. The maximum atomic E-state index is 11.7. The highest BCUT2D eigenvalue weighted by molar-refractivity contribution is 9.10. The minimum Gasteiger partial charge on any atom is -0.463 e. The summed E-state index contributed by atoms with van der Waals surface area (Å²) in [6, 6.07) is 3.71. The van der Waals surface area contributed by atoms with Gasteiger partial charge in [-0.15, -0.1) is 0 Å². The van der Waals surface area contributed by atoms with Crippen LogP contribution in [0.4, 0.5) is 0 Å². The van der Waals surface area contributed by atoms with E-state index in [4.69, 9.17) is 18.9 Å². The predicted octanol–water partition coefficient (Wildman–Crippen LogP) is 2.60. The third-order valence-electron chi connectivity index (χ3n) is 4.20. The normalized spacial score (nSPS) is 25.7. The fraction of sp³-hybridized carbons (Fsp3) is 0.526. The molecule has 0 saturated carbocycles. The average molecular weight is 501 g/mol. The largest absolute Gasteiger partial charge is 0.463 e. The SMILES string of the molecule is CC(=O)OCC1O[C@H](Sc2cc(Br)cnc2C#N)C(OC(C)=O)C(C)[C@H]1OC(C)=O. The van der Waals surface area contributed by atoms with Gasteiger partial charge in [-0.25, -0.2) is 4.98 Å². The van der Waals surface area contributed by atoms with E-state index < -0.39 is 47.6 Å². The van der Waals surface area contributed by atoms with Crippen LogP contribution in [0, 0.1) is 17.2 Å². The second-order valence-corrected chi connectivity index (χ2v) is 8.64. The van der Waals surface area contributed by atoms with Gasteiger partial charge in [-0.1, -0.05) is 18.7 Å². The maximum Gasteiger partial charge on any atom is 0.303 e. The molecule has 1 saturated heterocycles. The van der Waals surface area contributed by atoms with Crippen molar-refractivity contribution in [2.45, 2.75) is 56.3 Å². The molecule has 3 unspecified atom stereocenters. The van der Waals surface area contributed by atoms with Crippen molar-refractivity contribution in [1.29, 1.82) is 5.26 Å². The molecular weight excluding hydrogens is 480 g/mol. The van der Waals surface area contributed by atoms with Crippen LogP contribution in [-0.2, 0) is 33.3 Å². The summed E-state index contributed by atoms with van der Waals surface area (Å²) in [7, 11) is 0. The molecule has 0 N–H and O–H groups in total. The van der Waals surface area contributed by atoms with Gasteiger partial charge in [0.1, 0.15) is 36.4 Å². The monoisotopic (exact) mass is 500 g/mol. The molecule has 11 heteroatoms. The van der Waals surface area contributed by atoms with E-state index in [1.807, 2.05) is 6.07 Å². The summed E-state index contributed by atoms with van der Waals surface area (Å²) in [5.74, 6) is -2.06. The van der Waals surface area contributed by atoms with E-state index in [0.717, 1.165) is 11.8 Å². The number of ether oxygens (including phenoxy) is 4. The number of nitrogens with zero attached hydrogens (tertiary/aromatic N) is 2. The molecule has 9 nitrogen and oxygen atoms in total. The summed E-state index contributed by atoms with van der Waals surface area (Å²) in [6.45, 7) is 5.38. The lowest BCUT2D eigenvalue weighted by molar-refractivity contribution is -0.212. The summed E-state index contributed by atoms with van der Waals surface area (Å²) in [4.78, 5) is 39.2. The van der Waals surface area contributed by atoms with Crippen molar-refractivity contribution in [2.75, 3.05) is 6.61 Å². The number of carbonyl (C=O) groups is 3. The van der Waals surface area contributed by atoms with Crippen LogP contribution in [0.5, 0.6) is 0 Å². The Bertz CT molecular complexity index is 858. The van der Waals surface area contributed by atoms with Crippen LogP contribution in [0.25, 0.3) is 0 Å². The molecule has 1 aliphatic rings. The number of rotatable bonds is 6. The van der Waals surface area contributed by atoms with E-state index in [2.05, 4.69) is 20.9 Å². The lowest BCUT2D eigenvalue weighted by Gasteiger charge is -2.43. The Kier molecular flexibility index (Phi) is 8.64. The van der Waals surface area contributed by atoms with Crippen LogP contribution in [0.1, 0.15) is 33.4 Å². The van der Waals surface area contributed by atoms with Crippen LogP contribution >= 0.6 is 27.7 Å². The predicted molar refractivity (Wildman–Crippen MR) is 108 cm³/mol. The van der Waals surface area contributed by atoms with Crippen molar-refractivity contribution in [3.63, 3.8) is 0 Å². The highest BCUT2D eigenvalue weighted by atomic mass is 79.9. The lowest BCUT2D eigenvalue weighted by atomic mass is 9.91. The zero-order valence-electron chi connectivity index (χ0n) is 16.8. The topological polar surface area (TPSA) is 125 Å². The zero-order chi connectivity index (χ0) is 22.4. The fourth-order valence-corrected chi connectivity index (χ4v) is 4.75. The highest BCUT2D eigenvalue weighted by Gasteiger charge is 2.48. The molecule has 1 aromatic rings. The first kappa shape index (κ1) is 24.1. The van der Waals surface area contributed by atoms with Crippen molar-refractivity contribution in [1.82, 2.24) is 4.98 Å². The summed E-state index contributed by atoms with van der Waals surface area (Å²) < 4.78 is 22.7. The van der Waals surface area contributed by atoms with Crippen molar-refractivity contribution in [2.24, 2.45) is 5.92 Å². The number of nitriles is 1. The molecule has 2 heterocycles. The molecule has 1 aromatic heterocycles. The van der Waals surface area contributed by atoms with E-state index in [9.17, 15) is 19.6 Å². The Hall–Kier alpha value is -2.16. The molecule has 1 fully saturated rings. The van der Waals surface area contributed by atoms with Gasteiger partial charge in [-0.3, -0.25) is 14.4 Å². The van der Waals surface area contributed by atoms with Crippen LogP contribution in [-0.4, -0.2) is 53.2 Å². The van der Waals surface area contributed by atoms with Crippen molar-refractivity contribution >= 4 is 45.6 Å². The molecule has 0 radical (unpaired) electrons. The third-order valence-corrected chi connectivity index (χ3v) is 5.81. The molecular formula is C19H21BrN2O7S. The van der Waals surface area contributed by atoms with Crippen molar-refractivity contribution in [3.05, 3.63) is 22.4 Å². The van der Waals surface area contributed by atoms with Crippen LogP contribution in [0.2, 0.25) is 0 Å². The minimum atomic E-state index is -0.806. The molecule has 5 atom stereocenters. The Labute approximate surface area is 186 Å². The van der Waals surface area contributed by atoms with E-state index in [1.165, 1.54) is 27.0 Å². The van der Waals surface area contributed by atoms with Gasteiger partial charge in [0.15, 0.2) is 5.69 Å². The number of pyridine rings is 1. The first-order valence-electron chi connectivity index (χ1n) is 8.98. The second-order valence-electron chi connectivity index (χ2n) is 6.58. The van der Waals surface area contributed by atoms with E-state index in [1.54, 1.807) is 13.0 Å². The maximum absolute atomic E-state index is 11.7. The van der Waals surface area contributed by atoms with Gasteiger partial charge in [0.05, 0.1) is 0 Å². The van der Waals surface area contributed by atoms with Crippen LogP contribution < -0.4 is 0 Å². The quantitative estimate of drug-likeness (QED) is 0.424. The smallest absolute Gasteiger partial charge is 0.303 e. The number of thioether (sulfide) groups is 1. The Balaban J connectivity index is 2.38. The zero-order valence-corrected chi connectivity index (χ0v) is 19.2.